The number of pyridine rings is 3. The summed E-state index contributed by atoms with van der Waals surface area (Å²) in [5, 5.41) is 0.880. The first-order valence-electron chi connectivity index (χ1n) is 9.67. The highest BCUT2D eigenvalue weighted by Crippen LogP contribution is 2.36. The number of halogens is 3. The van der Waals surface area contributed by atoms with E-state index in [9.17, 15) is 13.2 Å². The van der Waals surface area contributed by atoms with Gasteiger partial charge in [-0.05, 0) is 42.0 Å². The predicted octanol–water partition coefficient (Wildman–Crippen LogP) is 5.83. The van der Waals surface area contributed by atoms with E-state index in [-0.39, 0.29) is 0 Å². The molecule has 0 bridgehead atoms. The van der Waals surface area contributed by atoms with E-state index in [2.05, 4.69) is 24.9 Å². The van der Waals surface area contributed by atoms with Crippen molar-refractivity contribution in [3.05, 3.63) is 91.1 Å². The van der Waals surface area contributed by atoms with Crippen LogP contribution in [0, 0.1) is 0 Å². The third kappa shape index (κ3) is 3.66. The second-order valence-corrected chi connectivity index (χ2v) is 6.98. The molecule has 0 spiro atoms. The molecule has 0 radical (unpaired) electrons. The molecule has 0 aliphatic carbocycles. The summed E-state index contributed by atoms with van der Waals surface area (Å²) in [5.41, 5.74) is 2.75. The van der Waals surface area contributed by atoms with Gasteiger partial charge in [0.25, 0.3) is 0 Å². The molecular weight excluding hydrogens is 415 g/mol. The summed E-state index contributed by atoms with van der Waals surface area (Å²) >= 11 is 0. The number of benzene rings is 1. The van der Waals surface area contributed by atoms with Gasteiger partial charge in [-0.2, -0.15) is 13.2 Å². The lowest BCUT2D eigenvalue weighted by Gasteiger charge is -2.13. The molecule has 0 aliphatic heterocycles. The highest BCUT2D eigenvalue weighted by atomic mass is 19.4. The van der Waals surface area contributed by atoms with Crippen LogP contribution in [-0.2, 0) is 6.18 Å². The maximum Gasteiger partial charge on any atom is 0.433 e. The first-order valence-corrected chi connectivity index (χ1v) is 9.67. The highest BCUT2D eigenvalue weighted by molar-refractivity contribution is 5.97. The Labute approximate surface area is 180 Å². The first kappa shape index (κ1) is 19.7. The normalized spacial score (nSPS) is 11.6. The fourth-order valence-corrected chi connectivity index (χ4v) is 3.45. The van der Waals surface area contributed by atoms with Gasteiger partial charge in [-0.1, -0.05) is 24.3 Å². The van der Waals surface area contributed by atoms with Crippen molar-refractivity contribution in [2.75, 3.05) is 0 Å². The van der Waals surface area contributed by atoms with Gasteiger partial charge in [0.05, 0.1) is 11.2 Å². The molecule has 0 atom stereocenters. The van der Waals surface area contributed by atoms with Crippen molar-refractivity contribution in [3.63, 3.8) is 0 Å². The molecule has 4 aromatic heterocycles. The van der Waals surface area contributed by atoms with Gasteiger partial charge in [-0.15, -0.1) is 0 Å². The average molecular weight is 429 g/mol. The van der Waals surface area contributed by atoms with E-state index in [1.54, 1.807) is 30.7 Å². The lowest BCUT2D eigenvalue weighted by Crippen LogP contribution is -2.07. The first-order chi connectivity index (χ1) is 15.5. The maximum atomic E-state index is 13.0. The average Bonchev–Trinajstić information content (AvgIpc) is 2.83. The Kier molecular flexibility index (Phi) is 4.82. The minimum absolute atomic E-state index is 0.364. The molecule has 0 aliphatic rings. The summed E-state index contributed by atoms with van der Waals surface area (Å²) in [5.74, 6) is 0.364. The standard InChI is InChI=1S/C24H14F3N5/c25-24(26,27)21-9-8-15(13-30-21)22-18(14-31-23(32-22)20-7-3-4-11-28-20)16-10-12-29-19-6-2-1-5-17(16)19/h1-14H. The SMILES string of the molecule is FC(F)(F)c1ccc(-c2nc(-c3ccccn3)ncc2-c2ccnc3ccccc23)cn1. The molecule has 1 aromatic carbocycles. The zero-order valence-corrected chi connectivity index (χ0v) is 16.5. The molecule has 0 amide bonds. The molecular formula is C24H14F3N5. The molecule has 32 heavy (non-hydrogen) atoms. The molecule has 4 heterocycles. The van der Waals surface area contributed by atoms with Crippen molar-refractivity contribution in [1.29, 1.82) is 0 Å². The van der Waals surface area contributed by atoms with Gasteiger partial charge < -0.3 is 0 Å². The highest BCUT2D eigenvalue weighted by Gasteiger charge is 2.32. The third-order valence-corrected chi connectivity index (χ3v) is 4.95. The van der Waals surface area contributed by atoms with Crippen LogP contribution in [-0.4, -0.2) is 24.9 Å². The Morgan fingerprint density at radius 2 is 1.50 bits per heavy atom. The van der Waals surface area contributed by atoms with Gasteiger partial charge in [0, 0.05) is 41.3 Å². The molecule has 0 saturated heterocycles. The molecule has 5 aromatic rings. The Morgan fingerprint density at radius 1 is 0.656 bits per heavy atom. The van der Waals surface area contributed by atoms with Gasteiger partial charge in [-0.3, -0.25) is 15.0 Å². The fourth-order valence-electron chi connectivity index (χ4n) is 3.45. The van der Waals surface area contributed by atoms with E-state index >= 15 is 0 Å². The number of nitrogens with zero attached hydrogens (tertiary/aromatic N) is 5. The van der Waals surface area contributed by atoms with E-state index in [1.807, 2.05) is 36.4 Å². The van der Waals surface area contributed by atoms with Crippen molar-refractivity contribution in [3.8, 4) is 33.9 Å². The summed E-state index contributed by atoms with van der Waals surface area (Å²) in [6.07, 6.45) is 1.63. The van der Waals surface area contributed by atoms with Gasteiger partial charge in [-0.25, -0.2) is 9.97 Å². The minimum atomic E-state index is -4.52. The van der Waals surface area contributed by atoms with Crippen LogP contribution in [0.15, 0.2) is 85.5 Å². The second-order valence-electron chi connectivity index (χ2n) is 6.98. The Bertz CT molecular complexity index is 1400. The summed E-state index contributed by atoms with van der Waals surface area (Å²) in [7, 11) is 0. The summed E-state index contributed by atoms with van der Waals surface area (Å²) in [6, 6.07) is 17.1. The number of para-hydroxylation sites is 1. The van der Waals surface area contributed by atoms with E-state index in [1.165, 1.54) is 12.3 Å². The zero-order chi connectivity index (χ0) is 22.1. The van der Waals surface area contributed by atoms with Crippen molar-refractivity contribution < 1.29 is 13.2 Å². The lowest BCUT2D eigenvalue weighted by molar-refractivity contribution is -0.141. The largest absolute Gasteiger partial charge is 0.433 e. The molecule has 156 valence electrons. The van der Waals surface area contributed by atoms with Crippen LogP contribution in [0.4, 0.5) is 13.2 Å². The van der Waals surface area contributed by atoms with Crippen molar-refractivity contribution in [2.45, 2.75) is 6.18 Å². The Hall–Kier alpha value is -4.20. The number of fused-ring (bicyclic) bond motifs is 1. The minimum Gasteiger partial charge on any atom is -0.256 e. The monoisotopic (exact) mass is 429 g/mol. The predicted molar refractivity (Wildman–Crippen MR) is 114 cm³/mol. The summed E-state index contributed by atoms with van der Waals surface area (Å²) < 4.78 is 39.1. The van der Waals surface area contributed by atoms with E-state index in [0.717, 1.165) is 22.5 Å². The number of hydrogen-bond acceptors (Lipinski definition) is 5. The van der Waals surface area contributed by atoms with Crippen molar-refractivity contribution in [1.82, 2.24) is 24.9 Å². The van der Waals surface area contributed by atoms with E-state index in [4.69, 9.17) is 0 Å². The van der Waals surface area contributed by atoms with Crippen LogP contribution >= 0.6 is 0 Å². The van der Waals surface area contributed by atoms with Crippen LogP contribution in [0.3, 0.4) is 0 Å². The molecule has 0 N–H and O–H groups in total. The van der Waals surface area contributed by atoms with Crippen LogP contribution in [0.1, 0.15) is 5.69 Å². The number of alkyl halides is 3. The maximum absolute atomic E-state index is 13.0. The zero-order valence-electron chi connectivity index (χ0n) is 16.5. The number of hydrogen-bond donors (Lipinski definition) is 0. The van der Waals surface area contributed by atoms with Crippen LogP contribution in [0.5, 0.6) is 0 Å². The fraction of sp³-hybridized carbons (Fsp3) is 0.0417. The van der Waals surface area contributed by atoms with Crippen LogP contribution < -0.4 is 0 Å². The van der Waals surface area contributed by atoms with E-state index < -0.39 is 11.9 Å². The van der Waals surface area contributed by atoms with Crippen LogP contribution in [0.25, 0.3) is 44.8 Å². The van der Waals surface area contributed by atoms with Gasteiger partial charge in [0.15, 0.2) is 5.82 Å². The number of rotatable bonds is 3. The topological polar surface area (TPSA) is 64.5 Å². The van der Waals surface area contributed by atoms with E-state index in [0.29, 0.717) is 28.3 Å². The smallest absolute Gasteiger partial charge is 0.256 e. The van der Waals surface area contributed by atoms with Crippen molar-refractivity contribution in [2.24, 2.45) is 0 Å². The molecule has 8 heteroatoms. The summed E-state index contributed by atoms with van der Waals surface area (Å²) in [4.78, 5) is 21.4. The Balaban J connectivity index is 1.73. The molecule has 0 unspecified atom stereocenters. The Morgan fingerprint density at radius 3 is 2.25 bits per heavy atom. The lowest BCUT2D eigenvalue weighted by atomic mass is 9.98. The quantitative estimate of drug-likeness (QED) is 0.361. The van der Waals surface area contributed by atoms with Gasteiger partial charge in [0.1, 0.15) is 11.4 Å². The molecule has 5 rings (SSSR count). The second kappa shape index (κ2) is 7.81. The van der Waals surface area contributed by atoms with Crippen molar-refractivity contribution >= 4 is 10.9 Å². The molecule has 0 fully saturated rings. The summed E-state index contributed by atoms with van der Waals surface area (Å²) in [6.45, 7) is 0. The van der Waals surface area contributed by atoms with Crippen LogP contribution in [0.2, 0.25) is 0 Å². The molecule has 0 saturated carbocycles. The van der Waals surface area contributed by atoms with Gasteiger partial charge >= 0.3 is 6.18 Å². The molecule has 5 nitrogen and oxygen atoms in total. The van der Waals surface area contributed by atoms with Gasteiger partial charge in [0.2, 0.25) is 0 Å². The third-order valence-electron chi connectivity index (χ3n) is 4.95. The number of aromatic nitrogens is 5.